The van der Waals surface area contributed by atoms with Crippen LogP contribution in [0.4, 0.5) is 17.1 Å². The Morgan fingerprint density at radius 3 is 1.88 bits per heavy atom. The maximum Gasteiger partial charge on any atom is 0.114 e. The molecule has 12 rings (SSSR count). The Morgan fingerprint density at radius 1 is 0.448 bits per heavy atom. The summed E-state index contributed by atoms with van der Waals surface area (Å²) in [5.74, 6) is 0. The van der Waals surface area contributed by atoms with Gasteiger partial charge in [0.05, 0.1) is 11.0 Å². The summed E-state index contributed by atoms with van der Waals surface area (Å²) in [7, 11) is -2.04. The monoisotopic (exact) mass is 774 g/mol. The van der Waals surface area contributed by atoms with E-state index in [9.17, 15) is 0 Å². The van der Waals surface area contributed by atoms with E-state index in [1.807, 2.05) is 11.3 Å². The van der Waals surface area contributed by atoms with Gasteiger partial charge in [-0.1, -0.05) is 140 Å². The van der Waals surface area contributed by atoms with E-state index in [-0.39, 0.29) is 0 Å². The molecule has 4 heteroatoms. The summed E-state index contributed by atoms with van der Waals surface area (Å²) in [5.41, 5.74) is 12.3. The average molecular weight is 775 g/mol. The zero-order chi connectivity index (χ0) is 38.5. The fourth-order valence-corrected chi connectivity index (χ4v) is 14.2. The van der Waals surface area contributed by atoms with Crippen molar-refractivity contribution < 1.29 is 0 Å². The van der Waals surface area contributed by atoms with Gasteiger partial charge in [0.2, 0.25) is 0 Å². The molecule has 58 heavy (non-hydrogen) atoms. The summed E-state index contributed by atoms with van der Waals surface area (Å²) >= 11 is 1.95. The Bertz CT molecular complexity index is 3380. The standard InChI is InChI=1S/C54H38N2SSi/c1-58(2)51-32-31-46-45-20-7-10-24-50(45)57-54(46)53(51)47-30-29-40(34-52(47)58)55(39-16-11-15-36(33-39)42-21-12-14-35-13-3-4-17-41(35)42)37-25-27-38(28-26-37)56-48-22-8-5-18-43(48)44-19-6-9-23-49(44)56/h3-34H,1-2H3. The smallest absolute Gasteiger partial charge is 0.114 e. The van der Waals surface area contributed by atoms with E-state index in [0.717, 1.165) is 17.1 Å². The van der Waals surface area contributed by atoms with Gasteiger partial charge in [0, 0.05) is 53.7 Å². The van der Waals surface area contributed by atoms with Crippen molar-refractivity contribution in [1.82, 2.24) is 4.57 Å². The van der Waals surface area contributed by atoms with Gasteiger partial charge < -0.3 is 9.47 Å². The number of hydrogen-bond donors (Lipinski definition) is 0. The summed E-state index contributed by atoms with van der Waals surface area (Å²) < 4.78 is 5.18. The molecule has 0 spiro atoms. The van der Waals surface area contributed by atoms with Gasteiger partial charge in [-0.15, -0.1) is 11.3 Å². The average Bonchev–Trinajstić information content (AvgIpc) is 3.89. The summed E-state index contributed by atoms with van der Waals surface area (Å²) in [5, 5.41) is 10.8. The molecule has 0 atom stereocenters. The van der Waals surface area contributed by atoms with Gasteiger partial charge >= 0.3 is 0 Å². The molecule has 1 aliphatic rings. The van der Waals surface area contributed by atoms with Gasteiger partial charge in [-0.05, 0) is 110 Å². The van der Waals surface area contributed by atoms with Crippen LogP contribution in [-0.2, 0) is 0 Å². The summed E-state index contributed by atoms with van der Waals surface area (Å²) in [6, 6.07) is 72.1. The molecule has 0 bridgehead atoms. The number of anilines is 3. The van der Waals surface area contributed by atoms with Crippen molar-refractivity contribution in [1.29, 1.82) is 0 Å². The van der Waals surface area contributed by atoms with E-state index in [4.69, 9.17) is 0 Å². The van der Waals surface area contributed by atoms with E-state index in [1.54, 1.807) is 5.19 Å². The predicted molar refractivity (Wildman–Crippen MR) is 253 cm³/mol. The molecule has 0 N–H and O–H groups in total. The van der Waals surface area contributed by atoms with Gasteiger partial charge in [0.25, 0.3) is 0 Å². The second-order valence-electron chi connectivity index (χ2n) is 16.1. The minimum Gasteiger partial charge on any atom is -0.310 e. The van der Waals surface area contributed by atoms with E-state index < -0.39 is 8.07 Å². The SMILES string of the molecule is C[Si]1(C)c2cc(N(c3ccc(-n4c5ccccc5c5ccccc54)cc3)c3cccc(-c4cccc5ccccc45)c3)ccc2-c2c1ccc1c2sc2ccccc21. The van der Waals surface area contributed by atoms with Gasteiger partial charge in [-0.3, -0.25) is 0 Å². The third-order valence-electron chi connectivity index (χ3n) is 12.6. The molecule has 3 heterocycles. The van der Waals surface area contributed by atoms with Crippen molar-refractivity contribution >= 4 is 99.6 Å². The normalized spacial score (nSPS) is 13.1. The minimum atomic E-state index is -2.04. The molecule has 0 unspecified atom stereocenters. The lowest BCUT2D eigenvalue weighted by Gasteiger charge is -2.28. The molecule has 2 aromatic heterocycles. The molecule has 0 saturated carbocycles. The number of nitrogens with zero attached hydrogens (tertiary/aromatic N) is 2. The maximum atomic E-state index is 2.53. The highest BCUT2D eigenvalue weighted by atomic mass is 32.1. The Morgan fingerprint density at radius 2 is 1.09 bits per heavy atom. The van der Waals surface area contributed by atoms with Crippen molar-refractivity contribution in [3.05, 3.63) is 194 Å². The van der Waals surface area contributed by atoms with Crippen molar-refractivity contribution in [2.24, 2.45) is 0 Å². The molecule has 0 radical (unpaired) electrons. The summed E-state index contributed by atoms with van der Waals surface area (Å²) in [6.07, 6.45) is 0. The fourth-order valence-electron chi connectivity index (χ4n) is 9.82. The van der Waals surface area contributed by atoms with E-state index in [2.05, 4.69) is 217 Å². The zero-order valence-corrected chi connectivity index (χ0v) is 34.1. The van der Waals surface area contributed by atoms with Crippen molar-refractivity contribution in [3.63, 3.8) is 0 Å². The number of hydrogen-bond acceptors (Lipinski definition) is 2. The van der Waals surface area contributed by atoms with Crippen LogP contribution in [0, 0.1) is 0 Å². The molecule has 1 aliphatic heterocycles. The lowest BCUT2D eigenvalue weighted by Crippen LogP contribution is -2.49. The third-order valence-corrected chi connectivity index (χ3v) is 17.3. The Labute approximate surface area is 342 Å². The lowest BCUT2D eigenvalue weighted by atomic mass is 9.97. The highest BCUT2D eigenvalue weighted by molar-refractivity contribution is 7.26. The van der Waals surface area contributed by atoms with Crippen LogP contribution in [0.3, 0.4) is 0 Å². The zero-order valence-electron chi connectivity index (χ0n) is 32.3. The molecule has 0 aliphatic carbocycles. The van der Waals surface area contributed by atoms with Gasteiger partial charge in [-0.25, -0.2) is 0 Å². The third kappa shape index (κ3) is 4.89. The molecule has 0 saturated heterocycles. The Hall–Kier alpha value is -6.72. The quantitative estimate of drug-likeness (QED) is 0.158. The Balaban J connectivity index is 1.04. The topological polar surface area (TPSA) is 8.17 Å². The molecular formula is C54H38N2SSi. The first-order chi connectivity index (χ1) is 28.5. The number of benzene rings is 9. The van der Waals surface area contributed by atoms with Crippen molar-refractivity contribution in [2.45, 2.75) is 13.1 Å². The number of para-hydroxylation sites is 2. The molecular weight excluding hydrogens is 737 g/mol. The number of thiophene rings is 1. The number of rotatable bonds is 5. The lowest BCUT2D eigenvalue weighted by molar-refractivity contribution is 1.17. The van der Waals surface area contributed by atoms with Crippen LogP contribution < -0.4 is 15.3 Å². The van der Waals surface area contributed by atoms with Crippen LogP contribution in [-0.4, -0.2) is 12.6 Å². The van der Waals surface area contributed by atoms with Gasteiger partial charge in [0.1, 0.15) is 8.07 Å². The number of aromatic nitrogens is 1. The maximum absolute atomic E-state index is 2.53. The highest BCUT2D eigenvalue weighted by Gasteiger charge is 2.39. The van der Waals surface area contributed by atoms with E-state index >= 15 is 0 Å². The van der Waals surface area contributed by atoms with E-state index in [0.29, 0.717) is 0 Å². The van der Waals surface area contributed by atoms with Crippen LogP contribution in [0.15, 0.2) is 194 Å². The second kappa shape index (κ2) is 12.6. The first-order valence-electron chi connectivity index (χ1n) is 20.1. The first kappa shape index (κ1) is 33.4. The van der Waals surface area contributed by atoms with Crippen LogP contribution in [0.5, 0.6) is 0 Å². The Kier molecular flexibility index (Phi) is 7.28. The molecule has 11 aromatic rings. The highest BCUT2D eigenvalue weighted by Crippen LogP contribution is 2.45. The van der Waals surface area contributed by atoms with Crippen molar-refractivity contribution in [2.75, 3.05) is 4.90 Å². The summed E-state index contributed by atoms with van der Waals surface area (Å²) in [6.45, 7) is 5.07. The minimum absolute atomic E-state index is 1.13. The van der Waals surface area contributed by atoms with Gasteiger partial charge in [0.15, 0.2) is 0 Å². The molecule has 2 nitrogen and oxygen atoms in total. The molecule has 274 valence electrons. The first-order valence-corrected chi connectivity index (χ1v) is 23.9. The second-order valence-corrected chi connectivity index (χ2v) is 21.5. The summed E-state index contributed by atoms with van der Waals surface area (Å²) in [4.78, 5) is 2.47. The van der Waals surface area contributed by atoms with Crippen LogP contribution in [0.1, 0.15) is 0 Å². The number of fused-ring (bicyclic) bond motifs is 11. The van der Waals surface area contributed by atoms with Crippen LogP contribution in [0.25, 0.3) is 80.7 Å². The molecule has 0 fully saturated rings. The van der Waals surface area contributed by atoms with Crippen LogP contribution in [0.2, 0.25) is 13.1 Å². The fraction of sp³-hybridized carbons (Fsp3) is 0.0370. The van der Waals surface area contributed by atoms with E-state index in [1.165, 1.54) is 85.9 Å². The molecule has 0 amide bonds. The van der Waals surface area contributed by atoms with Gasteiger partial charge in [-0.2, -0.15) is 0 Å². The predicted octanol–water partition coefficient (Wildman–Crippen LogP) is 14.2. The molecule has 9 aromatic carbocycles. The van der Waals surface area contributed by atoms with Crippen LogP contribution >= 0.6 is 11.3 Å². The van der Waals surface area contributed by atoms with Crippen molar-refractivity contribution in [3.8, 4) is 27.9 Å². The largest absolute Gasteiger partial charge is 0.310 e.